The first kappa shape index (κ1) is 10.6. The number of rotatable bonds is 1. The molecule has 5 heteroatoms. The highest BCUT2D eigenvalue weighted by Gasteiger charge is 2.19. The van der Waals surface area contributed by atoms with Gasteiger partial charge in [0.05, 0.1) is 10.0 Å². The third-order valence-electron chi connectivity index (χ3n) is 2.29. The monoisotopic (exact) mass is 244 g/mol. The highest BCUT2D eigenvalue weighted by molar-refractivity contribution is 6.42. The highest BCUT2D eigenvalue weighted by Crippen LogP contribution is 2.27. The average molecular weight is 245 g/mol. The zero-order valence-corrected chi connectivity index (χ0v) is 9.48. The summed E-state index contributed by atoms with van der Waals surface area (Å²) < 4.78 is 0. The minimum atomic E-state index is -0.0837. The molecule has 3 nitrogen and oxygen atoms in total. The second-order valence-corrected chi connectivity index (χ2v) is 4.15. The molecule has 0 aliphatic carbocycles. The molecule has 0 saturated carbocycles. The molecule has 2 amide bonds. The van der Waals surface area contributed by atoms with Gasteiger partial charge in [-0.05, 0) is 24.6 Å². The van der Waals surface area contributed by atoms with Crippen molar-refractivity contribution in [3.05, 3.63) is 28.2 Å². The van der Waals surface area contributed by atoms with Crippen LogP contribution in [0.15, 0.2) is 18.2 Å². The number of carbonyl (C=O) groups is 1. The zero-order chi connectivity index (χ0) is 10.8. The fourth-order valence-corrected chi connectivity index (χ4v) is 1.82. The van der Waals surface area contributed by atoms with Gasteiger partial charge < -0.3 is 5.32 Å². The molecular formula is C10H10Cl2N2O. The van der Waals surface area contributed by atoms with Gasteiger partial charge in [0, 0.05) is 18.8 Å². The van der Waals surface area contributed by atoms with E-state index < -0.39 is 0 Å². The van der Waals surface area contributed by atoms with E-state index in [-0.39, 0.29) is 6.03 Å². The lowest BCUT2D eigenvalue weighted by Gasteiger charge is -2.27. The number of carbonyl (C=O) groups excluding carboxylic acids is 1. The fourth-order valence-electron chi connectivity index (χ4n) is 1.53. The molecule has 1 aliphatic rings. The summed E-state index contributed by atoms with van der Waals surface area (Å²) in [7, 11) is 0. The number of anilines is 1. The van der Waals surface area contributed by atoms with Crippen LogP contribution in [0, 0.1) is 0 Å². The molecule has 1 aromatic rings. The molecule has 0 unspecified atom stereocenters. The van der Waals surface area contributed by atoms with Crippen molar-refractivity contribution >= 4 is 34.9 Å². The largest absolute Gasteiger partial charge is 0.338 e. The van der Waals surface area contributed by atoms with Crippen LogP contribution in [-0.2, 0) is 0 Å². The Kier molecular flexibility index (Phi) is 3.03. The number of hydrogen-bond donors (Lipinski definition) is 1. The Morgan fingerprint density at radius 1 is 1.27 bits per heavy atom. The molecule has 0 bridgehead atoms. The van der Waals surface area contributed by atoms with E-state index in [1.807, 2.05) is 0 Å². The number of urea groups is 1. The summed E-state index contributed by atoms with van der Waals surface area (Å²) in [5.41, 5.74) is 0.779. The minimum absolute atomic E-state index is 0.0837. The zero-order valence-electron chi connectivity index (χ0n) is 7.96. The molecule has 80 valence electrons. The van der Waals surface area contributed by atoms with Crippen LogP contribution in [0.1, 0.15) is 6.42 Å². The summed E-state index contributed by atoms with van der Waals surface area (Å²) in [4.78, 5) is 13.2. The van der Waals surface area contributed by atoms with Crippen molar-refractivity contribution < 1.29 is 4.79 Å². The predicted molar refractivity (Wildman–Crippen MR) is 61.8 cm³/mol. The maximum absolute atomic E-state index is 11.5. The first-order chi connectivity index (χ1) is 7.18. The molecule has 15 heavy (non-hydrogen) atoms. The smallest absolute Gasteiger partial charge is 0.321 e. The van der Waals surface area contributed by atoms with Gasteiger partial charge in [-0.1, -0.05) is 23.2 Å². The third-order valence-corrected chi connectivity index (χ3v) is 3.03. The van der Waals surface area contributed by atoms with Crippen molar-refractivity contribution in [1.29, 1.82) is 0 Å². The average Bonchev–Trinajstić information content (AvgIpc) is 2.23. The van der Waals surface area contributed by atoms with Crippen molar-refractivity contribution in [1.82, 2.24) is 5.32 Å². The first-order valence-electron chi connectivity index (χ1n) is 4.69. The molecule has 1 fully saturated rings. The Balaban J connectivity index is 2.28. The van der Waals surface area contributed by atoms with Gasteiger partial charge in [0.15, 0.2) is 0 Å². The molecule has 1 aliphatic heterocycles. The molecule has 0 radical (unpaired) electrons. The predicted octanol–water partition coefficient (Wildman–Crippen LogP) is 2.91. The van der Waals surface area contributed by atoms with Crippen LogP contribution in [0.2, 0.25) is 10.0 Å². The number of halogens is 2. The van der Waals surface area contributed by atoms with E-state index in [1.54, 1.807) is 23.1 Å². The topological polar surface area (TPSA) is 32.3 Å². The summed E-state index contributed by atoms with van der Waals surface area (Å²) >= 11 is 11.7. The van der Waals surface area contributed by atoms with Gasteiger partial charge in [0.1, 0.15) is 0 Å². The van der Waals surface area contributed by atoms with E-state index in [0.717, 1.165) is 18.7 Å². The van der Waals surface area contributed by atoms with E-state index in [2.05, 4.69) is 5.32 Å². The second kappa shape index (κ2) is 4.29. The van der Waals surface area contributed by atoms with Gasteiger partial charge in [-0.15, -0.1) is 0 Å². The number of benzene rings is 1. The second-order valence-electron chi connectivity index (χ2n) is 3.34. The SMILES string of the molecule is O=C1NCCCN1c1ccc(Cl)c(Cl)c1. The van der Waals surface area contributed by atoms with Crippen molar-refractivity contribution in [3.63, 3.8) is 0 Å². The maximum Gasteiger partial charge on any atom is 0.321 e. The van der Waals surface area contributed by atoms with Crippen LogP contribution in [-0.4, -0.2) is 19.1 Å². The van der Waals surface area contributed by atoms with Crippen molar-refractivity contribution in [2.45, 2.75) is 6.42 Å². The number of nitrogens with one attached hydrogen (secondary N) is 1. The van der Waals surface area contributed by atoms with E-state index in [1.165, 1.54) is 0 Å². The normalized spacial score (nSPS) is 16.4. The maximum atomic E-state index is 11.5. The van der Waals surface area contributed by atoms with Crippen molar-refractivity contribution in [2.75, 3.05) is 18.0 Å². The van der Waals surface area contributed by atoms with Crippen LogP contribution < -0.4 is 10.2 Å². The quantitative estimate of drug-likeness (QED) is 0.810. The Labute approximate surface area is 98.0 Å². The van der Waals surface area contributed by atoms with Crippen LogP contribution in [0.25, 0.3) is 0 Å². The van der Waals surface area contributed by atoms with E-state index in [4.69, 9.17) is 23.2 Å². The lowest BCUT2D eigenvalue weighted by Crippen LogP contribution is -2.46. The van der Waals surface area contributed by atoms with Crippen molar-refractivity contribution in [3.8, 4) is 0 Å². The standard InChI is InChI=1S/C10H10Cl2N2O/c11-8-3-2-7(6-9(8)12)14-5-1-4-13-10(14)15/h2-3,6H,1,4-5H2,(H,13,15). The summed E-state index contributed by atoms with van der Waals surface area (Å²) in [5, 5.41) is 3.74. The molecule has 1 saturated heterocycles. The molecule has 1 aromatic carbocycles. The van der Waals surface area contributed by atoms with Gasteiger partial charge in [0.25, 0.3) is 0 Å². The van der Waals surface area contributed by atoms with Crippen LogP contribution in [0.4, 0.5) is 10.5 Å². The number of amides is 2. The third kappa shape index (κ3) is 2.19. The lowest BCUT2D eigenvalue weighted by molar-refractivity contribution is 0.243. The molecular weight excluding hydrogens is 235 g/mol. The van der Waals surface area contributed by atoms with E-state index in [9.17, 15) is 4.79 Å². The molecule has 0 aromatic heterocycles. The summed E-state index contributed by atoms with van der Waals surface area (Å²) in [6.07, 6.45) is 0.936. The Morgan fingerprint density at radius 3 is 2.73 bits per heavy atom. The highest BCUT2D eigenvalue weighted by atomic mass is 35.5. The molecule has 0 spiro atoms. The number of nitrogens with zero attached hydrogens (tertiary/aromatic N) is 1. The van der Waals surface area contributed by atoms with Gasteiger partial charge in [-0.2, -0.15) is 0 Å². The van der Waals surface area contributed by atoms with Crippen LogP contribution >= 0.6 is 23.2 Å². The minimum Gasteiger partial charge on any atom is -0.338 e. The molecule has 2 rings (SSSR count). The van der Waals surface area contributed by atoms with E-state index >= 15 is 0 Å². The van der Waals surface area contributed by atoms with Crippen LogP contribution in [0.5, 0.6) is 0 Å². The number of hydrogen-bond acceptors (Lipinski definition) is 1. The lowest BCUT2D eigenvalue weighted by atomic mass is 10.2. The Bertz CT molecular complexity index is 395. The van der Waals surface area contributed by atoms with Gasteiger partial charge in [0.2, 0.25) is 0 Å². The van der Waals surface area contributed by atoms with E-state index in [0.29, 0.717) is 16.6 Å². The van der Waals surface area contributed by atoms with Gasteiger partial charge >= 0.3 is 6.03 Å². The van der Waals surface area contributed by atoms with Gasteiger partial charge in [-0.3, -0.25) is 4.90 Å². The summed E-state index contributed by atoms with van der Waals surface area (Å²) in [6, 6.07) is 5.11. The first-order valence-corrected chi connectivity index (χ1v) is 5.44. The Morgan fingerprint density at radius 2 is 2.07 bits per heavy atom. The summed E-state index contributed by atoms with van der Waals surface area (Å²) in [6.45, 7) is 1.44. The fraction of sp³-hybridized carbons (Fsp3) is 0.300. The van der Waals surface area contributed by atoms with Crippen molar-refractivity contribution in [2.24, 2.45) is 0 Å². The Hall–Kier alpha value is -0.930. The van der Waals surface area contributed by atoms with Gasteiger partial charge in [-0.25, -0.2) is 4.79 Å². The summed E-state index contributed by atoms with van der Waals surface area (Å²) in [5.74, 6) is 0. The molecule has 0 atom stereocenters. The van der Waals surface area contributed by atoms with Crippen LogP contribution in [0.3, 0.4) is 0 Å². The molecule has 1 heterocycles. The molecule has 1 N–H and O–H groups in total.